The fourth-order valence-corrected chi connectivity index (χ4v) is 2.89. The molecule has 0 aliphatic rings. The number of rotatable bonds is 4. The van der Waals surface area contributed by atoms with Crippen LogP contribution in [0.5, 0.6) is 0 Å². The van der Waals surface area contributed by atoms with E-state index in [0.29, 0.717) is 27.5 Å². The highest BCUT2D eigenvalue weighted by Gasteiger charge is 2.12. The van der Waals surface area contributed by atoms with Crippen molar-refractivity contribution in [3.63, 3.8) is 0 Å². The molecule has 0 aliphatic heterocycles. The summed E-state index contributed by atoms with van der Waals surface area (Å²) in [6, 6.07) is 9.57. The van der Waals surface area contributed by atoms with Gasteiger partial charge < -0.3 is 5.32 Å². The van der Waals surface area contributed by atoms with Gasteiger partial charge in [0.25, 0.3) is 5.91 Å². The zero-order valence-electron chi connectivity index (χ0n) is 12.4. The van der Waals surface area contributed by atoms with Crippen molar-refractivity contribution >= 4 is 50.5 Å². The zero-order valence-corrected chi connectivity index (χ0v) is 14.7. The van der Waals surface area contributed by atoms with Crippen molar-refractivity contribution in [3.8, 4) is 0 Å². The third-order valence-electron chi connectivity index (χ3n) is 2.98. The fourth-order valence-electron chi connectivity index (χ4n) is 1.91. The van der Waals surface area contributed by atoms with E-state index in [1.807, 2.05) is 0 Å². The first-order chi connectivity index (χ1) is 10.7. The lowest BCUT2D eigenvalue weighted by atomic mass is 10.1. The van der Waals surface area contributed by atoms with E-state index in [9.17, 15) is 13.2 Å². The molecule has 0 heterocycles. The molecule has 0 aliphatic carbocycles. The number of anilines is 2. The maximum absolute atomic E-state index is 12.3. The minimum Gasteiger partial charge on any atom is -0.321 e. The van der Waals surface area contributed by atoms with Crippen LogP contribution in [0, 0.1) is 6.92 Å². The molecule has 23 heavy (non-hydrogen) atoms. The zero-order chi connectivity index (χ0) is 17.2. The maximum atomic E-state index is 12.3. The average Bonchev–Trinajstić information content (AvgIpc) is 2.44. The number of aryl methyl sites for hydroxylation is 1. The second-order valence-electron chi connectivity index (χ2n) is 4.96. The van der Waals surface area contributed by atoms with Crippen molar-refractivity contribution in [3.05, 3.63) is 57.6 Å². The Kier molecular flexibility index (Phi) is 5.19. The lowest BCUT2D eigenvalue weighted by molar-refractivity contribution is 0.102. The number of nitrogens with one attached hydrogen (secondary N) is 2. The molecular formula is C15H14Cl2N2O3S. The highest BCUT2D eigenvalue weighted by molar-refractivity contribution is 7.92. The van der Waals surface area contributed by atoms with E-state index in [2.05, 4.69) is 10.0 Å². The monoisotopic (exact) mass is 372 g/mol. The molecule has 0 unspecified atom stereocenters. The van der Waals surface area contributed by atoms with Gasteiger partial charge in [0.2, 0.25) is 10.0 Å². The molecule has 2 rings (SSSR count). The Balaban J connectivity index is 2.23. The number of carbonyl (C=O) groups excluding carboxylic acids is 1. The summed E-state index contributed by atoms with van der Waals surface area (Å²) in [6.07, 6.45) is 1.06. The third-order valence-corrected chi connectivity index (χ3v) is 4.39. The van der Waals surface area contributed by atoms with Gasteiger partial charge in [-0.2, -0.15) is 0 Å². The molecule has 0 aromatic heterocycles. The maximum Gasteiger partial charge on any atom is 0.255 e. The summed E-state index contributed by atoms with van der Waals surface area (Å²) in [5.74, 6) is -0.372. The topological polar surface area (TPSA) is 75.3 Å². The van der Waals surface area contributed by atoms with Crippen LogP contribution in [0.3, 0.4) is 0 Å². The van der Waals surface area contributed by atoms with Crippen molar-refractivity contribution in [2.75, 3.05) is 16.3 Å². The van der Waals surface area contributed by atoms with Gasteiger partial charge in [-0.15, -0.1) is 0 Å². The standard InChI is InChI=1S/C15H14Cl2N2O3S/c1-9-8-10(6-7-12(9)19-23(2,21)22)15(20)18-13-5-3-4-11(16)14(13)17/h3-8,19H,1-2H3,(H,18,20). The van der Waals surface area contributed by atoms with Gasteiger partial charge in [-0.25, -0.2) is 8.42 Å². The number of benzene rings is 2. The van der Waals surface area contributed by atoms with E-state index in [0.717, 1.165) is 6.26 Å². The molecule has 122 valence electrons. The molecule has 0 fully saturated rings. The van der Waals surface area contributed by atoms with Gasteiger partial charge >= 0.3 is 0 Å². The molecule has 0 radical (unpaired) electrons. The van der Waals surface area contributed by atoms with Crippen molar-refractivity contribution in [1.82, 2.24) is 0 Å². The van der Waals surface area contributed by atoms with Crippen molar-refractivity contribution in [2.24, 2.45) is 0 Å². The Morgan fingerprint density at radius 2 is 1.78 bits per heavy atom. The van der Waals surface area contributed by atoms with Crippen molar-refractivity contribution < 1.29 is 13.2 Å². The molecule has 2 aromatic carbocycles. The van der Waals surface area contributed by atoms with Crippen molar-refractivity contribution in [1.29, 1.82) is 0 Å². The van der Waals surface area contributed by atoms with E-state index < -0.39 is 10.0 Å². The predicted octanol–water partition coefficient (Wildman–Crippen LogP) is 3.93. The third kappa shape index (κ3) is 4.60. The first-order valence-corrected chi connectivity index (χ1v) is 9.16. The SMILES string of the molecule is Cc1cc(C(=O)Nc2cccc(Cl)c2Cl)ccc1NS(C)(=O)=O. The molecule has 0 saturated carbocycles. The summed E-state index contributed by atoms with van der Waals surface area (Å²) in [7, 11) is -3.37. The minimum atomic E-state index is -3.37. The number of halogens is 2. The smallest absolute Gasteiger partial charge is 0.255 e. The van der Waals surface area contributed by atoms with Gasteiger partial charge in [-0.1, -0.05) is 29.3 Å². The fraction of sp³-hybridized carbons (Fsp3) is 0.133. The van der Waals surface area contributed by atoms with Crippen LogP contribution in [0.15, 0.2) is 36.4 Å². The quantitative estimate of drug-likeness (QED) is 0.853. The molecule has 8 heteroatoms. The molecule has 2 aromatic rings. The Labute approximate surface area is 144 Å². The molecule has 0 atom stereocenters. The first-order valence-electron chi connectivity index (χ1n) is 6.51. The highest BCUT2D eigenvalue weighted by Crippen LogP contribution is 2.30. The second kappa shape index (κ2) is 6.78. The Morgan fingerprint density at radius 1 is 1.09 bits per heavy atom. The van der Waals surface area contributed by atoms with Crippen LogP contribution in [0.2, 0.25) is 10.0 Å². The molecule has 0 spiro atoms. The summed E-state index contributed by atoms with van der Waals surface area (Å²) in [4.78, 5) is 12.3. The summed E-state index contributed by atoms with van der Waals surface area (Å²) >= 11 is 11.9. The van der Waals surface area contributed by atoms with Gasteiger partial charge in [-0.05, 0) is 42.8 Å². The van der Waals surface area contributed by atoms with Gasteiger partial charge in [0.15, 0.2) is 0 Å². The number of amides is 1. The lowest BCUT2D eigenvalue weighted by Crippen LogP contribution is -2.14. The summed E-state index contributed by atoms with van der Waals surface area (Å²) in [6.45, 7) is 1.71. The van der Waals surface area contributed by atoms with Crippen LogP contribution in [0.1, 0.15) is 15.9 Å². The van der Waals surface area contributed by atoms with E-state index in [1.165, 1.54) is 12.1 Å². The average molecular weight is 373 g/mol. The molecular weight excluding hydrogens is 359 g/mol. The first kappa shape index (κ1) is 17.6. The summed E-state index contributed by atoms with van der Waals surface area (Å²) in [5.41, 5.74) is 1.82. The summed E-state index contributed by atoms with van der Waals surface area (Å²) in [5, 5.41) is 3.27. The predicted molar refractivity (Wildman–Crippen MR) is 94.1 cm³/mol. The van der Waals surface area contributed by atoms with Gasteiger partial charge in [-0.3, -0.25) is 9.52 Å². The van der Waals surface area contributed by atoms with Crippen LogP contribution >= 0.6 is 23.2 Å². The number of hydrogen-bond donors (Lipinski definition) is 2. The Morgan fingerprint density at radius 3 is 2.39 bits per heavy atom. The molecule has 1 amide bonds. The van der Waals surface area contributed by atoms with E-state index in [4.69, 9.17) is 23.2 Å². The van der Waals surface area contributed by atoms with Crippen LogP contribution in [0.4, 0.5) is 11.4 Å². The molecule has 2 N–H and O–H groups in total. The minimum absolute atomic E-state index is 0.259. The van der Waals surface area contributed by atoms with Gasteiger partial charge in [0, 0.05) is 5.56 Å². The van der Waals surface area contributed by atoms with E-state index in [-0.39, 0.29) is 10.9 Å². The van der Waals surface area contributed by atoms with Crippen LogP contribution in [-0.2, 0) is 10.0 Å². The Hall–Kier alpha value is -1.76. The number of carbonyl (C=O) groups is 1. The van der Waals surface area contributed by atoms with E-state index >= 15 is 0 Å². The highest BCUT2D eigenvalue weighted by atomic mass is 35.5. The van der Waals surface area contributed by atoms with Crippen molar-refractivity contribution in [2.45, 2.75) is 6.92 Å². The lowest BCUT2D eigenvalue weighted by Gasteiger charge is -2.11. The second-order valence-corrected chi connectivity index (χ2v) is 7.49. The molecule has 5 nitrogen and oxygen atoms in total. The Bertz CT molecular complexity index is 867. The number of sulfonamides is 1. The van der Waals surface area contributed by atoms with Crippen LogP contribution in [0.25, 0.3) is 0 Å². The van der Waals surface area contributed by atoms with Crippen LogP contribution in [-0.4, -0.2) is 20.6 Å². The van der Waals surface area contributed by atoms with Crippen LogP contribution < -0.4 is 10.0 Å². The van der Waals surface area contributed by atoms with Gasteiger partial charge in [0.05, 0.1) is 27.7 Å². The largest absolute Gasteiger partial charge is 0.321 e. The normalized spacial score (nSPS) is 11.1. The summed E-state index contributed by atoms with van der Waals surface area (Å²) < 4.78 is 24.9. The number of hydrogen-bond acceptors (Lipinski definition) is 3. The molecule has 0 bridgehead atoms. The van der Waals surface area contributed by atoms with Gasteiger partial charge in [0.1, 0.15) is 0 Å². The molecule has 0 saturated heterocycles. The van der Waals surface area contributed by atoms with E-state index in [1.54, 1.807) is 31.2 Å².